The molecule has 3 nitrogen and oxygen atoms in total. The normalized spacial score (nSPS) is 11.3. The lowest BCUT2D eigenvalue weighted by Crippen LogP contribution is -1.97. The number of aromatic nitrogens is 1. The number of rotatable bonds is 6. The van der Waals surface area contributed by atoms with E-state index < -0.39 is 5.97 Å². The summed E-state index contributed by atoms with van der Waals surface area (Å²) in [5.74, 6) is -0.772. The summed E-state index contributed by atoms with van der Waals surface area (Å²) < 4.78 is 2.18. The van der Waals surface area contributed by atoms with Crippen LogP contribution < -0.4 is 0 Å². The van der Waals surface area contributed by atoms with E-state index in [2.05, 4.69) is 59.3 Å². The zero-order valence-electron chi connectivity index (χ0n) is 15.5. The van der Waals surface area contributed by atoms with Gasteiger partial charge in [0.05, 0.1) is 5.52 Å². The zero-order chi connectivity index (χ0) is 19.3. The average Bonchev–Trinajstić information content (AvgIpc) is 3.10. The molecule has 0 unspecified atom stereocenters. The summed E-state index contributed by atoms with van der Waals surface area (Å²) in [7, 11) is 0. The number of hydrogen-bond acceptors (Lipinski definition) is 1. The van der Waals surface area contributed by atoms with Gasteiger partial charge in [-0.3, -0.25) is 4.79 Å². The molecule has 0 atom stereocenters. The second-order valence-corrected chi connectivity index (χ2v) is 6.78. The summed E-state index contributed by atoms with van der Waals surface area (Å²) in [6, 6.07) is 26.7. The molecule has 3 aromatic carbocycles. The molecule has 0 bridgehead atoms. The Labute approximate surface area is 164 Å². The van der Waals surface area contributed by atoms with Crippen molar-refractivity contribution in [3.63, 3.8) is 0 Å². The van der Waals surface area contributed by atoms with Crippen LogP contribution in [0.5, 0.6) is 0 Å². The number of aliphatic carboxylic acids is 1. The highest BCUT2D eigenvalue weighted by molar-refractivity contribution is 5.93. The maximum Gasteiger partial charge on any atom is 0.303 e. The number of para-hydroxylation sites is 1. The molecule has 1 N–H and O–H groups in total. The van der Waals surface area contributed by atoms with E-state index in [1.807, 2.05) is 42.5 Å². The highest BCUT2D eigenvalue weighted by Crippen LogP contribution is 2.28. The first-order chi connectivity index (χ1) is 13.7. The maximum atomic E-state index is 10.9. The molecule has 3 heteroatoms. The number of nitrogens with zero attached hydrogens (tertiary/aromatic N) is 1. The third-order valence-corrected chi connectivity index (χ3v) is 4.82. The third-order valence-electron chi connectivity index (χ3n) is 4.82. The zero-order valence-corrected chi connectivity index (χ0v) is 15.5. The van der Waals surface area contributed by atoms with Crippen LogP contribution in [0, 0.1) is 0 Å². The first kappa shape index (κ1) is 17.8. The van der Waals surface area contributed by atoms with Crippen molar-refractivity contribution in [1.82, 2.24) is 4.57 Å². The highest BCUT2D eigenvalue weighted by Gasteiger charge is 2.10. The van der Waals surface area contributed by atoms with Gasteiger partial charge in [-0.15, -0.1) is 0 Å². The highest BCUT2D eigenvalue weighted by atomic mass is 16.4. The molecule has 0 aliphatic carbocycles. The Kier molecular flexibility index (Phi) is 5.07. The monoisotopic (exact) mass is 367 g/mol. The molecule has 138 valence electrons. The maximum absolute atomic E-state index is 10.9. The van der Waals surface area contributed by atoms with Crippen LogP contribution in [-0.2, 0) is 11.2 Å². The minimum absolute atomic E-state index is 0.139. The molecule has 0 fully saturated rings. The van der Waals surface area contributed by atoms with E-state index in [9.17, 15) is 4.79 Å². The lowest BCUT2D eigenvalue weighted by atomic mass is 10.0. The molecular formula is C25H21NO2. The van der Waals surface area contributed by atoms with E-state index >= 15 is 0 Å². The molecule has 0 saturated heterocycles. The molecule has 4 rings (SSSR count). The van der Waals surface area contributed by atoms with Crippen molar-refractivity contribution < 1.29 is 9.90 Å². The van der Waals surface area contributed by atoms with Crippen LogP contribution in [0.25, 0.3) is 28.7 Å². The average molecular weight is 367 g/mol. The van der Waals surface area contributed by atoms with E-state index in [0.29, 0.717) is 6.42 Å². The fraction of sp³-hybridized carbons (Fsp3) is 0.0800. The first-order valence-electron chi connectivity index (χ1n) is 9.35. The fourth-order valence-corrected chi connectivity index (χ4v) is 3.39. The van der Waals surface area contributed by atoms with Gasteiger partial charge in [-0.05, 0) is 41.8 Å². The Bertz CT molecular complexity index is 1130. The van der Waals surface area contributed by atoms with Gasteiger partial charge in [-0.1, -0.05) is 66.7 Å². The van der Waals surface area contributed by atoms with E-state index in [0.717, 1.165) is 33.3 Å². The molecule has 0 saturated carbocycles. The number of carboxylic acids is 1. The predicted molar refractivity (Wildman–Crippen MR) is 115 cm³/mol. The number of benzene rings is 3. The van der Waals surface area contributed by atoms with Crippen LogP contribution in [0.15, 0.2) is 85.1 Å². The van der Waals surface area contributed by atoms with Gasteiger partial charge in [0.2, 0.25) is 0 Å². The molecule has 0 spiro atoms. The number of fused-ring (bicyclic) bond motifs is 1. The first-order valence-corrected chi connectivity index (χ1v) is 9.35. The van der Waals surface area contributed by atoms with Crippen molar-refractivity contribution in [3.05, 3.63) is 102 Å². The Hall–Kier alpha value is -3.59. The summed E-state index contributed by atoms with van der Waals surface area (Å²) in [6.45, 7) is 0. The fourth-order valence-electron chi connectivity index (χ4n) is 3.39. The summed E-state index contributed by atoms with van der Waals surface area (Å²) >= 11 is 0. The SMILES string of the molecule is O=C(O)CCc1ccc2c(c1)c(C=Cc1ccccc1)cn2-c1ccccc1. The van der Waals surface area contributed by atoms with Crippen LogP contribution in [0.4, 0.5) is 0 Å². The van der Waals surface area contributed by atoms with E-state index in [1.54, 1.807) is 0 Å². The standard InChI is InChI=1S/C25H21NO2/c27-25(28)16-13-20-12-15-24-23(17-20)21(14-11-19-7-3-1-4-8-19)18-26(24)22-9-5-2-6-10-22/h1-12,14-15,17-18H,13,16H2,(H,27,28). The Morgan fingerprint density at radius 1 is 0.893 bits per heavy atom. The van der Waals surface area contributed by atoms with Crippen molar-refractivity contribution in [2.45, 2.75) is 12.8 Å². The van der Waals surface area contributed by atoms with Gasteiger partial charge in [-0.25, -0.2) is 0 Å². The summed E-state index contributed by atoms with van der Waals surface area (Å²) in [5.41, 5.74) is 5.50. The van der Waals surface area contributed by atoms with Crippen LogP contribution in [0.1, 0.15) is 23.1 Å². The summed E-state index contributed by atoms with van der Waals surface area (Å²) in [5, 5.41) is 10.1. The van der Waals surface area contributed by atoms with Crippen molar-refractivity contribution >= 4 is 29.0 Å². The van der Waals surface area contributed by atoms with E-state index in [4.69, 9.17) is 5.11 Å². The topological polar surface area (TPSA) is 42.2 Å². The predicted octanol–water partition coefficient (Wildman–Crippen LogP) is 5.82. The Morgan fingerprint density at radius 2 is 1.61 bits per heavy atom. The Balaban J connectivity index is 1.80. The number of carboxylic acid groups (broad SMARTS) is 1. The number of carbonyl (C=O) groups is 1. The molecule has 0 radical (unpaired) electrons. The lowest BCUT2D eigenvalue weighted by molar-refractivity contribution is -0.136. The van der Waals surface area contributed by atoms with Gasteiger partial charge in [-0.2, -0.15) is 0 Å². The number of aryl methyl sites for hydroxylation is 1. The molecule has 28 heavy (non-hydrogen) atoms. The minimum atomic E-state index is -0.772. The largest absolute Gasteiger partial charge is 0.481 e. The number of hydrogen-bond donors (Lipinski definition) is 1. The van der Waals surface area contributed by atoms with Crippen molar-refractivity contribution in [3.8, 4) is 5.69 Å². The molecule has 0 aliphatic heterocycles. The minimum Gasteiger partial charge on any atom is -0.481 e. The van der Waals surface area contributed by atoms with Gasteiger partial charge >= 0.3 is 5.97 Å². The second kappa shape index (κ2) is 7.97. The van der Waals surface area contributed by atoms with Gasteiger partial charge in [0.1, 0.15) is 0 Å². The summed E-state index contributed by atoms with van der Waals surface area (Å²) in [6.07, 6.45) is 7.04. The van der Waals surface area contributed by atoms with Crippen LogP contribution >= 0.6 is 0 Å². The second-order valence-electron chi connectivity index (χ2n) is 6.78. The molecule has 4 aromatic rings. The van der Waals surface area contributed by atoms with E-state index in [1.165, 1.54) is 0 Å². The van der Waals surface area contributed by atoms with Gasteiger partial charge in [0.25, 0.3) is 0 Å². The molecule has 0 amide bonds. The third kappa shape index (κ3) is 3.89. The van der Waals surface area contributed by atoms with E-state index in [-0.39, 0.29) is 6.42 Å². The van der Waals surface area contributed by atoms with Gasteiger partial charge in [0, 0.05) is 29.3 Å². The van der Waals surface area contributed by atoms with Crippen LogP contribution in [-0.4, -0.2) is 15.6 Å². The van der Waals surface area contributed by atoms with Crippen molar-refractivity contribution in [2.75, 3.05) is 0 Å². The molecule has 1 aromatic heterocycles. The van der Waals surface area contributed by atoms with Crippen molar-refractivity contribution in [2.24, 2.45) is 0 Å². The van der Waals surface area contributed by atoms with Crippen molar-refractivity contribution in [1.29, 1.82) is 0 Å². The molecular weight excluding hydrogens is 346 g/mol. The Morgan fingerprint density at radius 3 is 2.32 bits per heavy atom. The summed E-state index contributed by atoms with van der Waals surface area (Å²) in [4.78, 5) is 10.9. The van der Waals surface area contributed by atoms with Gasteiger partial charge < -0.3 is 9.67 Å². The van der Waals surface area contributed by atoms with Crippen LogP contribution in [0.3, 0.4) is 0 Å². The molecule has 1 heterocycles. The van der Waals surface area contributed by atoms with Gasteiger partial charge in [0.15, 0.2) is 0 Å². The van der Waals surface area contributed by atoms with Crippen LogP contribution in [0.2, 0.25) is 0 Å². The smallest absolute Gasteiger partial charge is 0.303 e. The molecule has 0 aliphatic rings. The lowest BCUT2D eigenvalue weighted by Gasteiger charge is -2.06. The quantitative estimate of drug-likeness (QED) is 0.467.